The summed E-state index contributed by atoms with van der Waals surface area (Å²) in [4.78, 5) is 18.5. The zero-order chi connectivity index (χ0) is 24.1. The Morgan fingerprint density at radius 1 is 1.44 bits per heavy atom. The maximum absolute atomic E-state index is 14.8. The van der Waals surface area contributed by atoms with Crippen LogP contribution in [0.3, 0.4) is 0 Å². The highest BCUT2D eigenvalue weighted by atomic mass is 32.2. The van der Waals surface area contributed by atoms with Crippen molar-refractivity contribution in [2.24, 2.45) is 17.6 Å². The molecule has 0 spiro atoms. The number of carbonyl (C=O) groups is 1. The van der Waals surface area contributed by atoms with Crippen molar-refractivity contribution >= 4 is 40.0 Å². The molecular weight excluding hydrogens is 473 g/mol. The van der Waals surface area contributed by atoms with Gasteiger partial charge in [-0.2, -0.15) is 0 Å². The molecule has 3 N–H and O–H groups in total. The first-order valence-electron chi connectivity index (χ1n) is 11.5. The topological polar surface area (TPSA) is 88.7 Å². The van der Waals surface area contributed by atoms with E-state index in [1.807, 2.05) is 17.8 Å². The van der Waals surface area contributed by atoms with Crippen LogP contribution in [0.4, 0.5) is 4.39 Å². The highest BCUT2D eigenvalue weighted by Crippen LogP contribution is 2.34. The van der Waals surface area contributed by atoms with Gasteiger partial charge >= 0.3 is 5.97 Å². The van der Waals surface area contributed by atoms with E-state index in [1.165, 1.54) is 10.4 Å². The quantitative estimate of drug-likeness (QED) is 0.375. The molecule has 1 fully saturated rings. The molecule has 2 unspecified atom stereocenters. The number of hydrogen-bond acceptors (Lipinski definition) is 7. The summed E-state index contributed by atoms with van der Waals surface area (Å²) in [5, 5.41) is 12.6. The predicted octanol–water partition coefficient (Wildman–Crippen LogP) is 5.04. The Kier molecular flexibility index (Phi) is 8.41. The van der Waals surface area contributed by atoms with Gasteiger partial charge in [0, 0.05) is 35.8 Å². The molecule has 0 aliphatic carbocycles. The molecule has 0 radical (unpaired) electrons. The molecule has 1 aliphatic heterocycles. The van der Waals surface area contributed by atoms with Crippen LogP contribution in [0.15, 0.2) is 46.1 Å². The lowest BCUT2D eigenvalue weighted by atomic mass is 9.81. The second-order valence-corrected chi connectivity index (χ2v) is 11.0. The number of nitrogens with zero attached hydrogens (tertiary/aromatic N) is 2. The van der Waals surface area contributed by atoms with E-state index in [9.17, 15) is 14.3 Å². The Morgan fingerprint density at radius 2 is 2.29 bits per heavy atom. The largest absolute Gasteiger partial charge is 0.497 e. The molecule has 9 heteroatoms. The number of benzene rings is 1. The average molecular weight is 504 g/mol. The van der Waals surface area contributed by atoms with Crippen LogP contribution in [-0.2, 0) is 4.79 Å². The number of fused-ring (bicyclic) bond motifs is 1. The molecule has 1 aliphatic rings. The molecule has 3 aromatic rings. The Labute approximate surface area is 207 Å². The number of carboxylic acids is 1. The minimum atomic E-state index is -0.764. The number of hydrogen-bond donors (Lipinski definition) is 2. The van der Waals surface area contributed by atoms with Crippen LogP contribution in [-0.4, -0.2) is 53.5 Å². The van der Waals surface area contributed by atoms with Crippen molar-refractivity contribution in [2.45, 2.75) is 29.5 Å². The fourth-order valence-electron chi connectivity index (χ4n) is 4.73. The van der Waals surface area contributed by atoms with E-state index < -0.39 is 23.7 Å². The Morgan fingerprint density at radius 3 is 3.03 bits per heavy atom. The van der Waals surface area contributed by atoms with Gasteiger partial charge in [0.1, 0.15) is 11.6 Å². The number of thiophene rings is 1. The van der Waals surface area contributed by atoms with Crippen LogP contribution in [0.5, 0.6) is 5.75 Å². The number of thioether (sulfide) groups is 1. The molecule has 182 valence electrons. The Balaban J connectivity index is 1.38. The molecule has 0 amide bonds. The lowest BCUT2D eigenvalue weighted by molar-refractivity contribution is -0.146. The summed E-state index contributed by atoms with van der Waals surface area (Å²) in [5.41, 5.74) is 7.54. The van der Waals surface area contributed by atoms with Gasteiger partial charge in [-0.1, -0.05) is 6.07 Å². The number of carboxylic acid groups (broad SMARTS) is 1. The van der Waals surface area contributed by atoms with Gasteiger partial charge in [-0.15, -0.1) is 23.1 Å². The predicted molar refractivity (Wildman–Crippen MR) is 135 cm³/mol. The second-order valence-electron chi connectivity index (χ2n) is 8.66. The molecule has 0 bridgehead atoms. The standard InChI is InChI=1S/C25H30FN3O3S2/c1-32-17-5-7-22-18(13-17)24(20(26)14-28-22)21(27)6-4-16-8-9-29(15-19(16)25(30)31)10-12-34-23-3-2-11-33-23/h2-3,5,7,11,13-14,16,19,21H,4,6,8-10,12,15,27H2,1H3,(H,30,31)/t16?,19?,21-/m1/s1. The van der Waals surface area contributed by atoms with Crippen LogP contribution in [0, 0.1) is 17.7 Å². The SMILES string of the molecule is COc1ccc2ncc(F)c([C@H](N)CCC3CCN(CCSc4cccs4)CC3C(=O)O)c2c1. The van der Waals surface area contributed by atoms with E-state index in [0.717, 1.165) is 25.3 Å². The maximum Gasteiger partial charge on any atom is 0.308 e. The monoisotopic (exact) mass is 503 g/mol. The van der Waals surface area contributed by atoms with Gasteiger partial charge in [-0.3, -0.25) is 9.78 Å². The first-order chi connectivity index (χ1) is 16.5. The minimum Gasteiger partial charge on any atom is -0.497 e. The fourth-order valence-corrected chi connectivity index (χ4v) is 6.59. The molecule has 1 saturated heterocycles. The van der Waals surface area contributed by atoms with Crippen LogP contribution in [0.1, 0.15) is 30.9 Å². The maximum atomic E-state index is 14.8. The van der Waals surface area contributed by atoms with E-state index in [2.05, 4.69) is 21.3 Å². The molecule has 1 aromatic carbocycles. The number of nitrogens with two attached hydrogens (primary N) is 1. The molecule has 3 atom stereocenters. The van der Waals surface area contributed by atoms with Crippen LogP contribution < -0.4 is 10.5 Å². The zero-order valence-corrected chi connectivity index (χ0v) is 20.8. The van der Waals surface area contributed by atoms with Gasteiger partial charge in [0.15, 0.2) is 0 Å². The van der Waals surface area contributed by atoms with Crippen molar-refractivity contribution in [2.75, 3.05) is 32.5 Å². The summed E-state index contributed by atoms with van der Waals surface area (Å²) in [6.07, 6.45) is 3.16. The molecule has 4 rings (SSSR count). The Bertz CT molecular complexity index is 1110. The summed E-state index contributed by atoms with van der Waals surface area (Å²) in [6, 6.07) is 8.93. The van der Waals surface area contributed by atoms with E-state index in [-0.39, 0.29) is 5.92 Å². The Hall–Kier alpha value is -2.20. The number of ether oxygens (including phenoxy) is 1. The molecule has 34 heavy (non-hydrogen) atoms. The lowest BCUT2D eigenvalue weighted by Gasteiger charge is -2.37. The van der Waals surface area contributed by atoms with Crippen molar-refractivity contribution in [3.63, 3.8) is 0 Å². The number of halogens is 1. The van der Waals surface area contributed by atoms with E-state index in [0.29, 0.717) is 41.6 Å². The number of aliphatic carboxylic acids is 1. The first-order valence-corrected chi connectivity index (χ1v) is 13.3. The van der Waals surface area contributed by atoms with Crippen LogP contribution in [0.25, 0.3) is 10.9 Å². The number of piperidine rings is 1. The van der Waals surface area contributed by atoms with Crippen molar-refractivity contribution in [1.82, 2.24) is 9.88 Å². The van der Waals surface area contributed by atoms with Crippen LogP contribution in [0.2, 0.25) is 0 Å². The molecule has 2 aromatic heterocycles. The summed E-state index contributed by atoms with van der Waals surface area (Å²) < 4.78 is 21.3. The van der Waals surface area contributed by atoms with Gasteiger partial charge in [0.2, 0.25) is 0 Å². The van der Waals surface area contributed by atoms with Crippen molar-refractivity contribution in [3.05, 3.63) is 53.3 Å². The second kappa shape index (κ2) is 11.5. The van der Waals surface area contributed by atoms with Crippen molar-refractivity contribution in [3.8, 4) is 5.75 Å². The normalized spacial score (nSPS) is 19.9. The highest BCUT2D eigenvalue weighted by Gasteiger charge is 2.34. The fraction of sp³-hybridized carbons (Fsp3) is 0.440. The van der Waals surface area contributed by atoms with Gasteiger partial charge < -0.3 is 20.5 Å². The first kappa shape index (κ1) is 24.9. The molecule has 0 saturated carbocycles. The molecule has 3 heterocycles. The van der Waals surface area contributed by atoms with Gasteiger partial charge in [-0.25, -0.2) is 4.39 Å². The summed E-state index contributed by atoms with van der Waals surface area (Å²) in [7, 11) is 1.56. The number of rotatable bonds is 10. The van der Waals surface area contributed by atoms with Crippen LogP contribution >= 0.6 is 23.1 Å². The zero-order valence-electron chi connectivity index (χ0n) is 19.2. The minimum absolute atomic E-state index is 0.0236. The highest BCUT2D eigenvalue weighted by molar-refractivity contribution is 8.01. The van der Waals surface area contributed by atoms with Crippen molar-refractivity contribution in [1.29, 1.82) is 0 Å². The van der Waals surface area contributed by atoms with Crippen molar-refractivity contribution < 1.29 is 19.0 Å². The average Bonchev–Trinajstić information content (AvgIpc) is 3.36. The van der Waals surface area contributed by atoms with Gasteiger partial charge in [-0.05, 0) is 61.4 Å². The summed E-state index contributed by atoms with van der Waals surface area (Å²) >= 11 is 3.54. The molecule has 6 nitrogen and oxygen atoms in total. The number of aromatic nitrogens is 1. The number of methoxy groups -OCH3 is 1. The van der Waals surface area contributed by atoms with E-state index in [4.69, 9.17) is 10.5 Å². The third-order valence-electron chi connectivity index (χ3n) is 6.59. The van der Waals surface area contributed by atoms with E-state index in [1.54, 1.807) is 36.6 Å². The molecular formula is C25H30FN3O3S2. The lowest BCUT2D eigenvalue weighted by Crippen LogP contribution is -2.44. The van der Waals surface area contributed by atoms with Gasteiger partial charge in [0.05, 0.1) is 29.0 Å². The summed E-state index contributed by atoms with van der Waals surface area (Å²) in [6.45, 7) is 2.29. The smallest absolute Gasteiger partial charge is 0.308 e. The van der Waals surface area contributed by atoms with E-state index >= 15 is 0 Å². The van der Waals surface area contributed by atoms with Gasteiger partial charge in [0.25, 0.3) is 0 Å². The summed E-state index contributed by atoms with van der Waals surface area (Å²) in [5.74, 6) is -0.0630. The third kappa shape index (κ3) is 5.89. The number of likely N-dealkylation sites (tertiary alicyclic amines) is 1. The number of pyridine rings is 1. The third-order valence-corrected chi connectivity index (χ3v) is 8.70.